The largest absolute Gasteiger partial charge is 0.375 e. The number of likely N-dealkylation sites (tertiary alicyclic amines) is 1. The zero-order valence-corrected chi connectivity index (χ0v) is 11.9. The summed E-state index contributed by atoms with van der Waals surface area (Å²) in [4.78, 5) is 2.51. The summed E-state index contributed by atoms with van der Waals surface area (Å²) in [7, 11) is 0. The quantitative estimate of drug-likeness (QED) is 0.825. The van der Waals surface area contributed by atoms with Crippen LogP contribution in [-0.2, 0) is 11.3 Å². The van der Waals surface area contributed by atoms with E-state index in [0.29, 0.717) is 12.6 Å². The lowest BCUT2D eigenvalue weighted by atomic mass is 10.2. The van der Waals surface area contributed by atoms with E-state index in [-0.39, 0.29) is 0 Å². The van der Waals surface area contributed by atoms with Gasteiger partial charge in [-0.3, -0.25) is 4.90 Å². The van der Waals surface area contributed by atoms with Crippen molar-refractivity contribution in [2.24, 2.45) is 0 Å². The van der Waals surface area contributed by atoms with Gasteiger partial charge in [0.2, 0.25) is 0 Å². The van der Waals surface area contributed by atoms with E-state index in [1.807, 2.05) is 6.07 Å². The molecule has 1 atom stereocenters. The van der Waals surface area contributed by atoms with Gasteiger partial charge in [-0.15, -0.1) is 0 Å². The Bertz CT molecular complexity index is 356. The predicted octanol–water partition coefficient (Wildman–Crippen LogP) is 3.45. The van der Waals surface area contributed by atoms with Crippen LogP contribution in [0.15, 0.2) is 28.7 Å². The number of likely N-dealkylation sites (N-methyl/N-ethyl adjacent to an activating group) is 1. The first kappa shape index (κ1) is 13.1. The van der Waals surface area contributed by atoms with Crippen molar-refractivity contribution in [1.82, 2.24) is 4.90 Å². The van der Waals surface area contributed by atoms with Crippen molar-refractivity contribution in [3.05, 3.63) is 34.3 Å². The van der Waals surface area contributed by atoms with Crippen LogP contribution in [0.3, 0.4) is 0 Å². The highest BCUT2D eigenvalue weighted by molar-refractivity contribution is 9.10. The van der Waals surface area contributed by atoms with E-state index in [1.165, 1.54) is 24.9 Å². The number of hydrogen-bond acceptors (Lipinski definition) is 2. The van der Waals surface area contributed by atoms with E-state index in [9.17, 15) is 0 Å². The third kappa shape index (κ3) is 3.80. The van der Waals surface area contributed by atoms with Gasteiger partial charge >= 0.3 is 0 Å². The molecule has 2 nitrogen and oxygen atoms in total. The minimum absolute atomic E-state index is 0.632. The average molecular weight is 298 g/mol. The number of halogens is 1. The van der Waals surface area contributed by atoms with Crippen molar-refractivity contribution < 1.29 is 4.74 Å². The molecule has 0 N–H and O–H groups in total. The Morgan fingerprint density at radius 1 is 1.47 bits per heavy atom. The van der Waals surface area contributed by atoms with Gasteiger partial charge in [0.1, 0.15) is 0 Å². The standard InChI is InChI=1S/C14H20BrNO/c1-2-16-8-4-7-14(16)11-17-10-12-5-3-6-13(15)9-12/h3,5-6,9,14H,2,4,7-8,10-11H2,1H3. The molecule has 0 radical (unpaired) electrons. The van der Waals surface area contributed by atoms with Gasteiger partial charge in [0.25, 0.3) is 0 Å². The third-order valence-corrected chi connectivity index (χ3v) is 3.87. The molecule has 0 saturated carbocycles. The van der Waals surface area contributed by atoms with Crippen LogP contribution in [-0.4, -0.2) is 30.6 Å². The van der Waals surface area contributed by atoms with E-state index < -0.39 is 0 Å². The summed E-state index contributed by atoms with van der Waals surface area (Å²) in [6.45, 7) is 6.19. The normalized spacial score (nSPS) is 20.9. The fraction of sp³-hybridized carbons (Fsp3) is 0.571. The number of rotatable bonds is 5. The minimum Gasteiger partial charge on any atom is -0.375 e. The van der Waals surface area contributed by atoms with E-state index >= 15 is 0 Å². The number of nitrogens with zero attached hydrogens (tertiary/aromatic N) is 1. The molecule has 1 unspecified atom stereocenters. The summed E-state index contributed by atoms with van der Waals surface area (Å²) in [5.74, 6) is 0. The second kappa shape index (κ2) is 6.53. The van der Waals surface area contributed by atoms with Gasteiger partial charge in [0, 0.05) is 10.5 Å². The average Bonchev–Trinajstić information content (AvgIpc) is 2.77. The molecule has 3 heteroatoms. The lowest BCUT2D eigenvalue weighted by molar-refractivity contribution is 0.0686. The van der Waals surface area contributed by atoms with E-state index in [2.05, 4.69) is 46.0 Å². The number of hydrogen-bond donors (Lipinski definition) is 0. The molecule has 1 aromatic rings. The van der Waals surface area contributed by atoms with Gasteiger partial charge < -0.3 is 4.74 Å². The summed E-state index contributed by atoms with van der Waals surface area (Å²) in [6, 6.07) is 8.95. The molecule has 1 saturated heterocycles. The Labute approximate surface area is 112 Å². The van der Waals surface area contributed by atoms with E-state index in [0.717, 1.165) is 17.6 Å². The molecule has 1 fully saturated rings. The number of benzene rings is 1. The van der Waals surface area contributed by atoms with Crippen LogP contribution in [0.25, 0.3) is 0 Å². The molecule has 0 aliphatic carbocycles. The van der Waals surface area contributed by atoms with Crippen molar-refractivity contribution in [1.29, 1.82) is 0 Å². The summed E-state index contributed by atoms with van der Waals surface area (Å²) >= 11 is 3.48. The maximum absolute atomic E-state index is 5.83. The van der Waals surface area contributed by atoms with Crippen molar-refractivity contribution in [3.8, 4) is 0 Å². The lowest BCUT2D eigenvalue weighted by Gasteiger charge is -2.22. The molecule has 1 heterocycles. The first-order valence-corrected chi connectivity index (χ1v) is 7.15. The summed E-state index contributed by atoms with van der Waals surface area (Å²) in [6.07, 6.45) is 2.60. The molecule has 0 bridgehead atoms. The van der Waals surface area contributed by atoms with Crippen molar-refractivity contribution in [3.63, 3.8) is 0 Å². The van der Waals surface area contributed by atoms with Crippen LogP contribution in [0.4, 0.5) is 0 Å². The molecule has 17 heavy (non-hydrogen) atoms. The fourth-order valence-corrected chi connectivity index (χ4v) is 2.89. The molecule has 1 aromatic carbocycles. The van der Waals surface area contributed by atoms with Crippen LogP contribution < -0.4 is 0 Å². The van der Waals surface area contributed by atoms with Gasteiger partial charge in [-0.1, -0.05) is 35.0 Å². The zero-order valence-electron chi connectivity index (χ0n) is 10.4. The topological polar surface area (TPSA) is 12.5 Å². The van der Waals surface area contributed by atoms with Crippen LogP contribution in [0.1, 0.15) is 25.3 Å². The van der Waals surface area contributed by atoms with Crippen LogP contribution in [0, 0.1) is 0 Å². The van der Waals surface area contributed by atoms with Crippen molar-refractivity contribution in [2.45, 2.75) is 32.4 Å². The third-order valence-electron chi connectivity index (χ3n) is 3.37. The number of ether oxygens (including phenoxy) is 1. The molecular weight excluding hydrogens is 278 g/mol. The second-order valence-electron chi connectivity index (χ2n) is 4.57. The first-order chi connectivity index (χ1) is 8.29. The Morgan fingerprint density at radius 3 is 3.12 bits per heavy atom. The molecule has 94 valence electrons. The van der Waals surface area contributed by atoms with Crippen molar-refractivity contribution in [2.75, 3.05) is 19.7 Å². The van der Waals surface area contributed by atoms with Gasteiger partial charge in [-0.2, -0.15) is 0 Å². The zero-order chi connectivity index (χ0) is 12.1. The highest BCUT2D eigenvalue weighted by atomic mass is 79.9. The highest BCUT2D eigenvalue weighted by Crippen LogP contribution is 2.18. The second-order valence-corrected chi connectivity index (χ2v) is 5.49. The van der Waals surface area contributed by atoms with Gasteiger partial charge in [-0.25, -0.2) is 0 Å². The summed E-state index contributed by atoms with van der Waals surface area (Å²) in [5.41, 5.74) is 1.24. The van der Waals surface area contributed by atoms with Crippen molar-refractivity contribution >= 4 is 15.9 Å². The molecular formula is C14H20BrNO. The fourth-order valence-electron chi connectivity index (χ4n) is 2.44. The van der Waals surface area contributed by atoms with E-state index in [1.54, 1.807) is 0 Å². The Morgan fingerprint density at radius 2 is 2.35 bits per heavy atom. The van der Waals surface area contributed by atoms with E-state index in [4.69, 9.17) is 4.74 Å². The lowest BCUT2D eigenvalue weighted by Crippen LogP contribution is -2.32. The molecule has 0 amide bonds. The monoisotopic (exact) mass is 297 g/mol. The Kier molecular flexibility index (Phi) is 5.01. The first-order valence-electron chi connectivity index (χ1n) is 6.36. The van der Waals surface area contributed by atoms with Gasteiger partial charge in [-0.05, 0) is 43.6 Å². The van der Waals surface area contributed by atoms with Crippen LogP contribution in [0.5, 0.6) is 0 Å². The maximum atomic E-state index is 5.83. The summed E-state index contributed by atoms with van der Waals surface area (Å²) < 4.78 is 6.95. The Hall–Kier alpha value is -0.380. The predicted molar refractivity (Wildman–Crippen MR) is 74.1 cm³/mol. The minimum atomic E-state index is 0.632. The molecule has 1 aliphatic heterocycles. The summed E-state index contributed by atoms with van der Waals surface area (Å²) in [5, 5.41) is 0. The van der Waals surface area contributed by atoms with Crippen LogP contribution in [0.2, 0.25) is 0 Å². The van der Waals surface area contributed by atoms with Gasteiger partial charge in [0.15, 0.2) is 0 Å². The maximum Gasteiger partial charge on any atom is 0.0718 e. The molecule has 2 rings (SSSR count). The molecule has 1 aliphatic rings. The highest BCUT2D eigenvalue weighted by Gasteiger charge is 2.22. The molecule has 0 aromatic heterocycles. The SMILES string of the molecule is CCN1CCCC1COCc1cccc(Br)c1. The smallest absolute Gasteiger partial charge is 0.0718 e. The Balaban J connectivity index is 1.76. The van der Waals surface area contributed by atoms with Gasteiger partial charge in [0.05, 0.1) is 13.2 Å². The van der Waals surface area contributed by atoms with Crippen LogP contribution >= 0.6 is 15.9 Å². The molecule has 0 spiro atoms.